The van der Waals surface area contributed by atoms with Crippen molar-refractivity contribution in [3.05, 3.63) is 42.1 Å². The van der Waals surface area contributed by atoms with Crippen LogP contribution < -0.4 is 16.2 Å². The van der Waals surface area contributed by atoms with Crippen LogP contribution in [0.25, 0.3) is 11.3 Å². The minimum atomic E-state index is -0.727. The van der Waals surface area contributed by atoms with Gasteiger partial charge in [0.2, 0.25) is 5.91 Å². The maximum atomic E-state index is 12.3. The molecule has 1 heterocycles. The summed E-state index contributed by atoms with van der Waals surface area (Å²) < 4.78 is 10.3. The summed E-state index contributed by atoms with van der Waals surface area (Å²) in [6.45, 7) is 5.18. The zero-order valence-corrected chi connectivity index (χ0v) is 16.5. The maximum absolute atomic E-state index is 12.3. The lowest BCUT2D eigenvalue weighted by Gasteiger charge is -2.34. The first-order chi connectivity index (χ1) is 13.7. The third-order valence-electron chi connectivity index (χ3n) is 4.33. The van der Waals surface area contributed by atoms with Gasteiger partial charge in [0.15, 0.2) is 11.5 Å². The fraction of sp³-hybridized carbons (Fsp3) is 0.400. The molecule has 9 heteroatoms. The third kappa shape index (κ3) is 5.56. The van der Waals surface area contributed by atoms with Gasteiger partial charge in [-0.25, -0.2) is 10.2 Å². The summed E-state index contributed by atoms with van der Waals surface area (Å²) in [5.41, 5.74) is 4.91. The summed E-state index contributed by atoms with van der Waals surface area (Å²) in [5, 5.41) is 6.63. The minimum absolute atomic E-state index is 0.142. The Morgan fingerprint density at radius 3 is 2.45 bits per heavy atom. The topological polar surface area (TPSA) is 123 Å². The molecule has 29 heavy (non-hydrogen) atoms. The molecule has 1 aromatic heterocycles. The largest absolute Gasteiger partial charge is 0.443 e. The van der Waals surface area contributed by atoms with Crippen molar-refractivity contribution in [3.63, 3.8) is 0 Å². The summed E-state index contributed by atoms with van der Waals surface area (Å²) in [5.74, 6) is -0.469. The van der Waals surface area contributed by atoms with E-state index in [4.69, 9.17) is 9.26 Å². The molecule has 1 fully saturated rings. The molecule has 0 unspecified atom stereocenters. The molecule has 0 radical (unpaired) electrons. The van der Waals surface area contributed by atoms with E-state index in [9.17, 15) is 14.4 Å². The average Bonchev–Trinajstić information content (AvgIpc) is 3.12. The zero-order chi connectivity index (χ0) is 21.0. The molecule has 0 bridgehead atoms. The van der Waals surface area contributed by atoms with Gasteiger partial charge in [0.1, 0.15) is 5.60 Å². The van der Waals surface area contributed by atoms with Crippen molar-refractivity contribution in [3.8, 4) is 11.3 Å². The van der Waals surface area contributed by atoms with E-state index in [1.165, 1.54) is 0 Å². The molecule has 9 nitrogen and oxygen atoms in total. The predicted molar refractivity (Wildman–Crippen MR) is 103 cm³/mol. The number of amides is 3. The Hall–Kier alpha value is -3.36. The molecular formula is C20H24N4O5. The fourth-order valence-electron chi connectivity index (χ4n) is 2.85. The van der Waals surface area contributed by atoms with Crippen molar-refractivity contribution in [2.75, 3.05) is 0 Å². The van der Waals surface area contributed by atoms with Crippen molar-refractivity contribution >= 4 is 17.9 Å². The van der Waals surface area contributed by atoms with Crippen molar-refractivity contribution in [1.29, 1.82) is 0 Å². The van der Waals surface area contributed by atoms with Gasteiger partial charge in [-0.05, 0) is 33.6 Å². The highest BCUT2D eigenvalue weighted by Gasteiger charge is 2.36. The van der Waals surface area contributed by atoms with E-state index in [2.05, 4.69) is 21.3 Å². The van der Waals surface area contributed by atoms with Crippen molar-refractivity contribution < 1.29 is 23.6 Å². The molecular weight excluding hydrogens is 376 g/mol. The van der Waals surface area contributed by atoms with E-state index in [-0.39, 0.29) is 29.5 Å². The van der Waals surface area contributed by atoms with Crippen molar-refractivity contribution in [1.82, 2.24) is 21.3 Å². The number of carbonyl (C=O) groups is 3. The highest BCUT2D eigenvalue weighted by Crippen LogP contribution is 2.28. The number of benzene rings is 1. The number of hydrogen-bond acceptors (Lipinski definition) is 6. The van der Waals surface area contributed by atoms with Gasteiger partial charge < -0.3 is 14.6 Å². The highest BCUT2D eigenvalue weighted by atomic mass is 16.6. The van der Waals surface area contributed by atoms with Gasteiger partial charge in [-0.3, -0.25) is 15.0 Å². The normalized spacial score (nSPS) is 18.3. The standard InChI is InChI=1S/C20H24N4O5/c1-20(2,3)28-19(27)23-22-17(25)13-9-14(10-13)21-18(26)15-11-16(29-24-15)12-7-5-4-6-8-12/h4-8,11,13-14H,9-10H2,1-3H3,(H,21,26)(H,22,25)(H,23,27)/t13-,14+. The Morgan fingerprint density at radius 2 is 1.79 bits per heavy atom. The Balaban J connectivity index is 1.41. The summed E-state index contributed by atoms with van der Waals surface area (Å²) in [6, 6.07) is 10.8. The SMILES string of the molecule is CC(C)(C)OC(=O)NNC(=O)[C@H]1C[C@@H](NC(=O)c2cc(-c3ccccc3)on2)C1. The fourth-order valence-corrected chi connectivity index (χ4v) is 2.85. The molecule has 3 rings (SSSR count). The van der Waals surface area contributed by atoms with E-state index in [0.29, 0.717) is 18.6 Å². The molecule has 0 saturated heterocycles. The van der Waals surface area contributed by atoms with Crippen molar-refractivity contribution in [2.45, 2.75) is 45.3 Å². The maximum Gasteiger partial charge on any atom is 0.426 e. The molecule has 1 aromatic carbocycles. The first-order valence-corrected chi connectivity index (χ1v) is 9.33. The zero-order valence-electron chi connectivity index (χ0n) is 16.5. The van der Waals surface area contributed by atoms with Crippen LogP contribution >= 0.6 is 0 Å². The number of aromatic nitrogens is 1. The van der Waals surface area contributed by atoms with Crippen LogP contribution in [0, 0.1) is 5.92 Å². The van der Waals surface area contributed by atoms with Gasteiger partial charge in [-0.1, -0.05) is 35.5 Å². The van der Waals surface area contributed by atoms with Gasteiger partial charge in [-0.15, -0.1) is 0 Å². The molecule has 0 atom stereocenters. The number of hydrazine groups is 1. The Labute approximate surface area is 168 Å². The van der Waals surface area contributed by atoms with Crippen LogP contribution in [-0.4, -0.2) is 34.7 Å². The predicted octanol–water partition coefficient (Wildman–Crippen LogP) is 2.41. The number of nitrogens with one attached hydrogen (secondary N) is 3. The average molecular weight is 400 g/mol. The summed E-state index contributed by atoms with van der Waals surface area (Å²) >= 11 is 0. The second-order valence-corrected chi connectivity index (χ2v) is 7.90. The highest BCUT2D eigenvalue weighted by molar-refractivity contribution is 5.93. The van der Waals surface area contributed by atoms with Crippen LogP contribution in [0.4, 0.5) is 4.79 Å². The van der Waals surface area contributed by atoms with E-state index in [1.54, 1.807) is 26.8 Å². The first kappa shape index (κ1) is 20.4. The number of rotatable bonds is 4. The Bertz CT molecular complexity index is 882. The Morgan fingerprint density at radius 1 is 1.10 bits per heavy atom. The van der Waals surface area contributed by atoms with Crippen LogP contribution in [0.3, 0.4) is 0 Å². The molecule has 1 aliphatic carbocycles. The molecule has 1 aliphatic rings. The van der Waals surface area contributed by atoms with Crippen molar-refractivity contribution in [2.24, 2.45) is 5.92 Å². The molecule has 154 valence electrons. The van der Waals surface area contributed by atoms with Gasteiger partial charge >= 0.3 is 6.09 Å². The van der Waals surface area contributed by atoms with E-state index >= 15 is 0 Å². The minimum Gasteiger partial charge on any atom is -0.443 e. The lowest BCUT2D eigenvalue weighted by molar-refractivity contribution is -0.129. The quantitative estimate of drug-likeness (QED) is 0.678. The van der Waals surface area contributed by atoms with Crippen LogP contribution in [0.2, 0.25) is 0 Å². The molecule has 1 saturated carbocycles. The van der Waals surface area contributed by atoms with Crippen LogP contribution in [0.15, 0.2) is 40.9 Å². The van der Waals surface area contributed by atoms with E-state index < -0.39 is 11.7 Å². The first-order valence-electron chi connectivity index (χ1n) is 9.33. The second kappa shape index (κ2) is 8.34. The van der Waals surface area contributed by atoms with Gasteiger partial charge in [0, 0.05) is 23.6 Å². The third-order valence-corrected chi connectivity index (χ3v) is 4.33. The van der Waals surface area contributed by atoms with Gasteiger partial charge in [0.05, 0.1) is 0 Å². The molecule has 2 aromatic rings. The van der Waals surface area contributed by atoms with Gasteiger partial charge in [-0.2, -0.15) is 0 Å². The number of nitrogens with zero attached hydrogens (tertiary/aromatic N) is 1. The molecule has 3 N–H and O–H groups in total. The van der Waals surface area contributed by atoms with Crippen LogP contribution in [-0.2, 0) is 9.53 Å². The van der Waals surface area contributed by atoms with Crippen LogP contribution in [0.1, 0.15) is 44.1 Å². The number of hydrogen-bond donors (Lipinski definition) is 3. The Kier molecular flexibility index (Phi) is 5.86. The lowest BCUT2D eigenvalue weighted by atomic mass is 9.79. The molecule has 0 spiro atoms. The monoisotopic (exact) mass is 400 g/mol. The smallest absolute Gasteiger partial charge is 0.426 e. The molecule has 0 aliphatic heterocycles. The lowest BCUT2D eigenvalue weighted by Crippen LogP contribution is -2.53. The molecule has 3 amide bonds. The van der Waals surface area contributed by atoms with Gasteiger partial charge in [0.25, 0.3) is 5.91 Å². The number of carbonyl (C=O) groups excluding carboxylic acids is 3. The van der Waals surface area contributed by atoms with Crippen LogP contribution in [0.5, 0.6) is 0 Å². The second-order valence-electron chi connectivity index (χ2n) is 7.90. The van der Waals surface area contributed by atoms with E-state index in [0.717, 1.165) is 5.56 Å². The summed E-state index contributed by atoms with van der Waals surface area (Å²) in [6.07, 6.45) is 0.212. The number of ether oxygens (including phenoxy) is 1. The summed E-state index contributed by atoms with van der Waals surface area (Å²) in [7, 11) is 0. The van der Waals surface area contributed by atoms with E-state index in [1.807, 2.05) is 30.3 Å². The summed E-state index contributed by atoms with van der Waals surface area (Å²) in [4.78, 5) is 35.9.